The second-order valence-electron chi connectivity index (χ2n) is 7.83. The summed E-state index contributed by atoms with van der Waals surface area (Å²) in [6, 6.07) is 13.3. The van der Waals surface area contributed by atoms with Crippen LogP contribution in [0.25, 0.3) is 0 Å². The Balaban J connectivity index is 1.37. The molecule has 0 saturated carbocycles. The number of amides is 2. The van der Waals surface area contributed by atoms with Crippen LogP contribution < -0.4 is 10.2 Å². The van der Waals surface area contributed by atoms with Crippen molar-refractivity contribution in [1.82, 2.24) is 0 Å². The summed E-state index contributed by atoms with van der Waals surface area (Å²) in [6.45, 7) is 0.669. The minimum atomic E-state index is -0.213. The van der Waals surface area contributed by atoms with Gasteiger partial charge in [0.15, 0.2) is 5.78 Å². The smallest absolute Gasteiger partial charge is 0.227 e. The Hall–Kier alpha value is -2.95. The van der Waals surface area contributed by atoms with Crippen LogP contribution in [-0.2, 0) is 22.4 Å². The first kappa shape index (κ1) is 19.4. The second kappa shape index (κ2) is 8.60. The molecule has 1 aliphatic heterocycles. The van der Waals surface area contributed by atoms with Crippen molar-refractivity contribution in [1.29, 1.82) is 0 Å². The summed E-state index contributed by atoms with van der Waals surface area (Å²) in [6.07, 6.45) is 6.17. The maximum absolute atomic E-state index is 12.6. The van der Waals surface area contributed by atoms with Crippen molar-refractivity contribution in [3.63, 3.8) is 0 Å². The van der Waals surface area contributed by atoms with Gasteiger partial charge in [-0.3, -0.25) is 14.4 Å². The van der Waals surface area contributed by atoms with E-state index in [2.05, 4.69) is 11.4 Å². The minimum absolute atomic E-state index is 0.00321. The van der Waals surface area contributed by atoms with E-state index >= 15 is 0 Å². The number of carbonyl (C=O) groups excluding carboxylic acids is 3. The van der Waals surface area contributed by atoms with Gasteiger partial charge in [-0.05, 0) is 61.4 Å². The van der Waals surface area contributed by atoms with Crippen LogP contribution in [0.15, 0.2) is 42.5 Å². The number of anilines is 2. The number of para-hydroxylation sites is 2. The zero-order valence-corrected chi connectivity index (χ0v) is 16.6. The van der Waals surface area contributed by atoms with Gasteiger partial charge in [0.05, 0.1) is 11.4 Å². The Bertz CT molecular complexity index is 951. The predicted molar refractivity (Wildman–Crippen MR) is 113 cm³/mol. The molecule has 1 fully saturated rings. The summed E-state index contributed by atoms with van der Waals surface area (Å²) >= 11 is 0. The zero-order chi connectivity index (χ0) is 20.2. The summed E-state index contributed by atoms with van der Waals surface area (Å²) in [4.78, 5) is 38.8. The molecule has 0 aromatic heterocycles. The average Bonchev–Trinajstić information content (AvgIpc) is 3.17. The molecule has 2 aromatic rings. The van der Waals surface area contributed by atoms with E-state index in [0.29, 0.717) is 24.2 Å². The van der Waals surface area contributed by atoms with Crippen LogP contribution in [0.3, 0.4) is 0 Å². The number of benzene rings is 2. The Labute approximate surface area is 171 Å². The van der Waals surface area contributed by atoms with E-state index in [0.717, 1.165) is 24.9 Å². The first-order valence-electron chi connectivity index (χ1n) is 10.5. The van der Waals surface area contributed by atoms with Gasteiger partial charge in [0.1, 0.15) is 0 Å². The number of fused-ring (bicyclic) bond motifs is 1. The lowest BCUT2D eigenvalue weighted by Gasteiger charge is -2.20. The highest BCUT2D eigenvalue weighted by Gasteiger charge is 2.24. The van der Waals surface area contributed by atoms with E-state index < -0.39 is 0 Å². The van der Waals surface area contributed by atoms with Crippen LogP contribution in [0.4, 0.5) is 11.4 Å². The SMILES string of the molecule is O=C(CCC(=O)c1ccc2c(c1)CCCC2)Nc1ccccc1N1CCCC1=O. The first-order valence-corrected chi connectivity index (χ1v) is 10.5. The van der Waals surface area contributed by atoms with Crippen molar-refractivity contribution >= 4 is 29.0 Å². The van der Waals surface area contributed by atoms with Crippen molar-refractivity contribution in [3.8, 4) is 0 Å². The van der Waals surface area contributed by atoms with Crippen LogP contribution in [0.2, 0.25) is 0 Å². The molecule has 5 nitrogen and oxygen atoms in total. The number of rotatable bonds is 6. The molecule has 0 bridgehead atoms. The van der Waals surface area contributed by atoms with Crippen molar-refractivity contribution in [3.05, 3.63) is 59.2 Å². The molecule has 0 atom stereocenters. The zero-order valence-electron chi connectivity index (χ0n) is 16.6. The van der Waals surface area contributed by atoms with Gasteiger partial charge >= 0.3 is 0 Å². The van der Waals surface area contributed by atoms with Crippen molar-refractivity contribution < 1.29 is 14.4 Å². The van der Waals surface area contributed by atoms with Gasteiger partial charge < -0.3 is 10.2 Å². The van der Waals surface area contributed by atoms with Crippen LogP contribution >= 0.6 is 0 Å². The Kier molecular flexibility index (Phi) is 5.74. The highest BCUT2D eigenvalue weighted by molar-refractivity contribution is 6.03. The number of Topliss-reactive ketones (excluding diaryl/α,β-unsaturated/α-hetero) is 1. The Morgan fingerprint density at radius 3 is 2.48 bits per heavy atom. The number of carbonyl (C=O) groups is 3. The topological polar surface area (TPSA) is 66.5 Å². The molecule has 0 radical (unpaired) electrons. The number of hydrogen-bond acceptors (Lipinski definition) is 3. The first-order chi connectivity index (χ1) is 14.1. The molecule has 2 aromatic carbocycles. The lowest BCUT2D eigenvalue weighted by molar-refractivity contribution is -0.117. The van der Waals surface area contributed by atoms with Gasteiger partial charge in [-0.15, -0.1) is 0 Å². The fraction of sp³-hybridized carbons (Fsp3) is 0.375. The van der Waals surface area contributed by atoms with E-state index in [1.165, 1.54) is 24.0 Å². The van der Waals surface area contributed by atoms with E-state index in [1.807, 2.05) is 30.3 Å². The maximum atomic E-state index is 12.6. The number of aryl methyl sites for hydroxylation is 2. The molecule has 2 amide bonds. The normalized spacial score (nSPS) is 15.9. The number of hydrogen-bond donors (Lipinski definition) is 1. The summed E-state index contributed by atoms with van der Waals surface area (Å²) in [7, 11) is 0. The molecule has 29 heavy (non-hydrogen) atoms. The van der Waals surface area contributed by atoms with E-state index in [4.69, 9.17) is 0 Å². The largest absolute Gasteiger partial charge is 0.324 e. The van der Waals surface area contributed by atoms with Gasteiger partial charge in [0, 0.05) is 31.4 Å². The summed E-state index contributed by atoms with van der Waals surface area (Å²) in [5.74, 6) is -0.138. The highest BCUT2D eigenvalue weighted by atomic mass is 16.2. The fourth-order valence-corrected chi connectivity index (χ4v) is 4.21. The maximum Gasteiger partial charge on any atom is 0.227 e. The monoisotopic (exact) mass is 390 g/mol. The molecule has 0 unspecified atom stereocenters. The van der Waals surface area contributed by atoms with Crippen LogP contribution in [0.1, 0.15) is 60.0 Å². The van der Waals surface area contributed by atoms with E-state index in [1.54, 1.807) is 11.0 Å². The standard InChI is InChI=1S/C24H26N2O3/c27-22(19-12-11-17-6-1-2-7-18(17)16-19)13-14-23(28)25-20-8-3-4-9-21(20)26-15-5-10-24(26)29/h3-4,8-9,11-12,16H,1-2,5-7,10,13-15H2,(H,25,28). The Morgan fingerprint density at radius 1 is 0.897 bits per heavy atom. The molecular weight excluding hydrogens is 364 g/mol. The third kappa shape index (κ3) is 4.39. The van der Waals surface area contributed by atoms with Crippen LogP contribution in [-0.4, -0.2) is 24.1 Å². The van der Waals surface area contributed by atoms with Gasteiger partial charge in [-0.2, -0.15) is 0 Å². The summed E-state index contributed by atoms with van der Waals surface area (Å²) in [5, 5.41) is 2.88. The van der Waals surface area contributed by atoms with Crippen LogP contribution in [0, 0.1) is 0 Å². The van der Waals surface area contributed by atoms with Crippen LogP contribution in [0.5, 0.6) is 0 Å². The average molecular weight is 390 g/mol. The number of ketones is 1. The molecule has 1 N–H and O–H groups in total. The third-order valence-electron chi connectivity index (χ3n) is 5.79. The molecule has 1 saturated heterocycles. The number of nitrogens with one attached hydrogen (secondary N) is 1. The molecule has 1 heterocycles. The summed E-state index contributed by atoms with van der Waals surface area (Å²) in [5.41, 5.74) is 4.66. The van der Waals surface area contributed by atoms with Crippen molar-refractivity contribution in [2.75, 3.05) is 16.8 Å². The van der Waals surface area contributed by atoms with Crippen molar-refractivity contribution in [2.45, 2.75) is 51.4 Å². The highest BCUT2D eigenvalue weighted by Crippen LogP contribution is 2.29. The van der Waals surface area contributed by atoms with E-state index in [-0.39, 0.29) is 30.4 Å². The third-order valence-corrected chi connectivity index (χ3v) is 5.79. The summed E-state index contributed by atoms with van der Waals surface area (Å²) < 4.78 is 0. The van der Waals surface area contributed by atoms with Gasteiger partial charge in [0.2, 0.25) is 11.8 Å². The lowest BCUT2D eigenvalue weighted by atomic mass is 9.89. The molecule has 1 aliphatic carbocycles. The predicted octanol–water partition coefficient (Wildman–Crippen LogP) is 4.29. The number of nitrogens with zero attached hydrogens (tertiary/aromatic N) is 1. The fourth-order valence-electron chi connectivity index (χ4n) is 4.21. The molecule has 0 spiro atoms. The molecule has 150 valence electrons. The minimum Gasteiger partial charge on any atom is -0.324 e. The van der Waals surface area contributed by atoms with E-state index in [9.17, 15) is 14.4 Å². The molecule has 4 rings (SSSR count). The van der Waals surface area contributed by atoms with Gasteiger partial charge in [-0.25, -0.2) is 0 Å². The second-order valence-corrected chi connectivity index (χ2v) is 7.83. The quantitative estimate of drug-likeness (QED) is 0.748. The molecule has 5 heteroatoms. The van der Waals surface area contributed by atoms with Crippen molar-refractivity contribution in [2.24, 2.45) is 0 Å². The lowest BCUT2D eigenvalue weighted by Crippen LogP contribution is -2.25. The van der Waals surface area contributed by atoms with Gasteiger partial charge in [-0.1, -0.05) is 24.3 Å². The Morgan fingerprint density at radius 2 is 1.69 bits per heavy atom. The molecular formula is C24H26N2O3. The molecule has 2 aliphatic rings. The van der Waals surface area contributed by atoms with Gasteiger partial charge in [0.25, 0.3) is 0 Å².